The number of benzene rings is 1. The number of nitrogens with one attached hydrogen (secondary N) is 2. The lowest BCUT2D eigenvalue weighted by Gasteiger charge is -2.07. The topological polar surface area (TPSA) is 155 Å². The van der Waals surface area contributed by atoms with Crippen molar-refractivity contribution in [2.45, 2.75) is 13.5 Å². The zero-order valence-electron chi connectivity index (χ0n) is 17.1. The van der Waals surface area contributed by atoms with E-state index in [4.69, 9.17) is 4.52 Å². The van der Waals surface area contributed by atoms with Crippen molar-refractivity contribution in [2.24, 2.45) is 4.99 Å². The molecule has 1 amide bonds. The van der Waals surface area contributed by atoms with Gasteiger partial charge in [-0.3, -0.25) is 9.79 Å². The van der Waals surface area contributed by atoms with Gasteiger partial charge >= 0.3 is 5.97 Å². The van der Waals surface area contributed by atoms with Crippen molar-refractivity contribution in [3.05, 3.63) is 64.7 Å². The van der Waals surface area contributed by atoms with Gasteiger partial charge in [0.1, 0.15) is 10.8 Å². The Bertz CT molecular complexity index is 1430. The minimum Gasteiger partial charge on any atom is -0.478 e. The molecule has 4 aromatic rings. The molecule has 0 atom stereocenters. The van der Waals surface area contributed by atoms with Gasteiger partial charge in [-0.15, -0.1) is 10.2 Å². The van der Waals surface area contributed by atoms with Gasteiger partial charge < -0.3 is 20.3 Å². The van der Waals surface area contributed by atoms with E-state index in [1.807, 2.05) is 6.07 Å². The van der Waals surface area contributed by atoms with E-state index in [0.717, 1.165) is 11.1 Å². The molecule has 12 heteroatoms. The summed E-state index contributed by atoms with van der Waals surface area (Å²) in [4.78, 5) is 32.7. The Labute approximate surface area is 190 Å². The van der Waals surface area contributed by atoms with Crippen molar-refractivity contribution in [2.75, 3.05) is 10.6 Å². The Morgan fingerprint density at radius 1 is 1.15 bits per heavy atom. The van der Waals surface area contributed by atoms with Gasteiger partial charge in [-0.05, 0) is 31.2 Å². The van der Waals surface area contributed by atoms with Crippen LogP contribution in [0, 0.1) is 6.92 Å². The highest BCUT2D eigenvalue weighted by atomic mass is 32.1. The van der Waals surface area contributed by atoms with E-state index < -0.39 is 11.9 Å². The van der Waals surface area contributed by atoms with Crippen molar-refractivity contribution in [1.82, 2.24) is 20.3 Å². The predicted octanol–water partition coefficient (Wildman–Crippen LogP) is 3.52. The molecule has 1 aliphatic rings. The fourth-order valence-electron chi connectivity index (χ4n) is 3.21. The number of fused-ring (bicyclic) bond motifs is 1. The van der Waals surface area contributed by atoms with Crippen LogP contribution in [-0.2, 0) is 6.54 Å². The minimum absolute atomic E-state index is 0.0126. The van der Waals surface area contributed by atoms with Crippen molar-refractivity contribution in [3.63, 3.8) is 0 Å². The molecule has 0 spiro atoms. The maximum Gasteiger partial charge on any atom is 0.335 e. The molecule has 164 valence electrons. The number of carboxylic acid groups (broad SMARTS) is 1. The average Bonchev–Trinajstić information content (AvgIpc) is 3.54. The molecule has 0 unspecified atom stereocenters. The monoisotopic (exact) mass is 461 g/mol. The summed E-state index contributed by atoms with van der Waals surface area (Å²) in [6.45, 7) is 2.31. The lowest BCUT2D eigenvalue weighted by molar-refractivity contribution is 0.0696. The average molecular weight is 461 g/mol. The third-order valence-electron chi connectivity index (χ3n) is 4.81. The summed E-state index contributed by atoms with van der Waals surface area (Å²) >= 11 is 1.22. The first-order chi connectivity index (χ1) is 16.0. The van der Waals surface area contributed by atoms with Gasteiger partial charge in [0.2, 0.25) is 10.9 Å². The molecule has 1 aliphatic heterocycles. The number of carbonyl (C=O) groups excluding carboxylic acids is 1. The van der Waals surface area contributed by atoms with Crippen LogP contribution in [0.25, 0.3) is 10.6 Å². The van der Waals surface area contributed by atoms with Crippen LogP contribution in [0.15, 0.2) is 46.2 Å². The van der Waals surface area contributed by atoms with Gasteiger partial charge in [-0.25, -0.2) is 9.78 Å². The number of nitrogens with zero attached hydrogens (tertiary/aromatic N) is 5. The lowest BCUT2D eigenvalue weighted by Crippen LogP contribution is -2.13. The molecule has 3 aromatic heterocycles. The van der Waals surface area contributed by atoms with Gasteiger partial charge in [0.25, 0.3) is 5.91 Å². The normalized spacial score (nSPS) is 11.9. The quantitative estimate of drug-likeness (QED) is 0.391. The Hall–Kier alpha value is -4.45. The molecule has 0 radical (unpaired) electrons. The number of aromatic nitrogens is 4. The second-order valence-corrected chi connectivity index (χ2v) is 8.15. The number of carbonyl (C=O) groups is 2. The van der Waals surface area contributed by atoms with Crippen molar-refractivity contribution in [3.8, 4) is 10.6 Å². The maximum atomic E-state index is 12.5. The molecule has 0 saturated carbocycles. The maximum absolute atomic E-state index is 12.5. The molecule has 0 aliphatic carbocycles. The highest BCUT2D eigenvalue weighted by Gasteiger charge is 2.18. The van der Waals surface area contributed by atoms with Gasteiger partial charge in [-0.1, -0.05) is 16.5 Å². The molecule has 5 rings (SSSR count). The van der Waals surface area contributed by atoms with Gasteiger partial charge in [0.05, 0.1) is 18.3 Å². The van der Waals surface area contributed by atoms with Crippen LogP contribution in [0.5, 0.6) is 0 Å². The van der Waals surface area contributed by atoms with Gasteiger partial charge in [-0.2, -0.15) is 0 Å². The summed E-state index contributed by atoms with van der Waals surface area (Å²) in [7, 11) is 0. The van der Waals surface area contributed by atoms with Gasteiger partial charge in [0.15, 0.2) is 0 Å². The fourth-order valence-corrected chi connectivity index (χ4v) is 3.94. The van der Waals surface area contributed by atoms with Crippen LogP contribution >= 0.6 is 11.3 Å². The Morgan fingerprint density at radius 2 is 2.03 bits per heavy atom. The summed E-state index contributed by atoms with van der Waals surface area (Å²) in [6.07, 6.45) is 4.97. The Kier molecular flexibility index (Phi) is 5.11. The standard InChI is InChI=1S/C21H15N7O4S/c1-10-6-24-32-17(10)18(29)25-15-3-11(2-12(4-15)20(30)31)19-27-28-21(33-19)26-16-5-13-7-22-8-14(13)9-23-16/h2-7,9H,8H2,1H3,(H,25,29)(H,30,31)(H,23,26,28). The van der Waals surface area contributed by atoms with Crippen LogP contribution in [0.1, 0.15) is 37.6 Å². The minimum atomic E-state index is -1.14. The largest absolute Gasteiger partial charge is 0.478 e. The molecular formula is C21H15N7O4S. The Balaban J connectivity index is 1.41. The molecule has 0 bridgehead atoms. The number of hydrogen-bond donors (Lipinski definition) is 3. The number of anilines is 3. The smallest absolute Gasteiger partial charge is 0.335 e. The zero-order valence-corrected chi connectivity index (χ0v) is 17.9. The van der Waals surface area contributed by atoms with E-state index in [1.54, 1.807) is 25.4 Å². The SMILES string of the molecule is Cc1cnoc1C(=O)Nc1cc(C(=O)O)cc(-c2nnc(Nc3cc4c(cn3)CN=C4)s2)c1. The third kappa shape index (κ3) is 4.19. The second-order valence-electron chi connectivity index (χ2n) is 7.17. The predicted molar refractivity (Wildman–Crippen MR) is 120 cm³/mol. The van der Waals surface area contributed by atoms with Crippen LogP contribution < -0.4 is 10.6 Å². The highest BCUT2D eigenvalue weighted by molar-refractivity contribution is 7.18. The van der Waals surface area contributed by atoms with E-state index >= 15 is 0 Å². The van der Waals surface area contributed by atoms with Crippen LogP contribution in [-0.4, -0.2) is 43.5 Å². The van der Waals surface area contributed by atoms with Crippen molar-refractivity contribution in [1.29, 1.82) is 0 Å². The molecule has 3 N–H and O–H groups in total. The van der Waals surface area contributed by atoms with Crippen LogP contribution in [0.2, 0.25) is 0 Å². The number of hydrogen-bond acceptors (Lipinski definition) is 10. The van der Waals surface area contributed by atoms with E-state index in [0.29, 0.717) is 33.6 Å². The summed E-state index contributed by atoms with van der Waals surface area (Å²) in [5.74, 6) is -1.04. The molecule has 11 nitrogen and oxygen atoms in total. The number of rotatable bonds is 6. The van der Waals surface area contributed by atoms with Crippen molar-refractivity contribution >= 4 is 46.1 Å². The molecular weight excluding hydrogens is 446 g/mol. The van der Waals surface area contributed by atoms with Crippen LogP contribution in [0.4, 0.5) is 16.6 Å². The molecule has 1 aromatic carbocycles. The molecule has 4 heterocycles. The fraction of sp³-hybridized carbons (Fsp3) is 0.0952. The number of carboxylic acids is 1. The molecule has 0 fully saturated rings. The van der Waals surface area contributed by atoms with E-state index in [9.17, 15) is 14.7 Å². The summed E-state index contributed by atoms with van der Waals surface area (Å²) in [6, 6.07) is 6.30. The van der Waals surface area contributed by atoms with E-state index in [-0.39, 0.29) is 17.0 Å². The molecule has 0 saturated heterocycles. The van der Waals surface area contributed by atoms with E-state index in [1.165, 1.54) is 29.7 Å². The first-order valence-electron chi connectivity index (χ1n) is 9.67. The van der Waals surface area contributed by atoms with Crippen LogP contribution in [0.3, 0.4) is 0 Å². The van der Waals surface area contributed by atoms with Crippen molar-refractivity contribution < 1.29 is 19.2 Å². The number of aromatic carboxylic acids is 1. The highest BCUT2D eigenvalue weighted by Crippen LogP contribution is 2.31. The Morgan fingerprint density at radius 3 is 2.82 bits per heavy atom. The zero-order chi connectivity index (χ0) is 22.9. The molecule has 33 heavy (non-hydrogen) atoms. The second kappa shape index (κ2) is 8.24. The number of amides is 1. The number of aliphatic imine (C=N–C) groups is 1. The summed E-state index contributed by atoms with van der Waals surface area (Å²) in [5.41, 5.74) is 3.36. The first-order valence-corrected chi connectivity index (χ1v) is 10.5. The van der Waals surface area contributed by atoms with E-state index in [2.05, 4.69) is 36.0 Å². The summed E-state index contributed by atoms with van der Waals surface area (Å²) < 4.78 is 4.96. The van der Waals surface area contributed by atoms with Gasteiger partial charge in [0, 0.05) is 40.4 Å². The first kappa shape index (κ1) is 20.5. The summed E-state index contributed by atoms with van der Waals surface area (Å²) in [5, 5.41) is 28.1. The lowest BCUT2D eigenvalue weighted by atomic mass is 10.1. The third-order valence-corrected chi connectivity index (χ3v) is 5.70. The number of pyridine rings is 1. The number of aryl methyl sites for hydroxylation is 1.